The quantitative estimate of drug-likeness (QED) is 0.148. The molecule has 2 aliphatic heterocycles. The van der Waals surface area contributed by atoms with Crippen LogP contribution < -0.4 is 25.6 Å². The van der Waals surface area contributed by atoms with E-state index in [0.717, 1.165) is 9.80 Å². The molecule has 0 aromatic heterocycles. The van der Waals surface area contributed by atoms with E-state index in [2.05, 4.69) is 20.7 Å². The number of amides is 6. The lowest BCUT2D eigenvalue weighted by Gasteiger charge is -2.39. The van der Waals surface area contributed by atoms with Gasteiger partial charge in [-0.1, -0.05) is 48.6 Å². The highest BCUT2D eigenvalue weighted by atomic mass is 32.2. The van der Waals surface area contributed by atoms with Gasteiger partial charge in [0.1, 0.15) is 11.6 Å². The van der Waals surface area contributed by atoms with Crippen LogP contribution in [-0.4, -0.2) is 127 Å². The Morgan fingerprint density at radius 3 is 2.31 bits per heavy atom. The van der Waals surface area contributed by atoms with Crippen molar-refractivity contribution < 1.29 is 66.4 Å². The van der Waals surface area contributed by atoms with Crippen LogP contribution in [0.2, 0.25) is 0 Å². The number of carbonyl (C=O) groups excluding carboxylic acids is 5. The number of sulfonamides is 1. The van der Waals surface area contributed by atoms with E-state index < -0.39 is 125 Å². The Morgan fingerprint density at radius 2 is 1.64 bits per heavy atom. The van der Waals surface area contributed by atoms with E-state index in [-0.39, 0.29) is 30.9 Å². The lowest BCUT2D eigenvalue weighted by atomic mass is 10.0. The van der Waals surface area contributed by atoms with Crippen molar-refractivity contribution in [1.29, 1.82) is 0 Å². The predicted octanol–water partition coefficient (Wildman–Crippen LogP) is 1.93. The topological polar surface area (TPSA) is 276 Å². The minimum atomic E-state index is -4.10. The number of fused-ring (bicyclic) bond motifs is 2. The van der Waals surface area contributed by atoms with Gasteiger partial charge in [0.15, 0.2) is 6.10 Å². The summed E-state index contributed by atoms with van der Waals surface area (Å²) in [5.74, 6) is -6.31. The van der Waals surface area contributed by atoms with Crippen molar-refractivity contribution in [2.45, 2.75) is 80.0 Å². The maximum atomic E-state index is 15.2. The molecule has 2 heterocycles. The fourth-order valence-electron chi connectivity index (χ4n) is 7.21. The van der Waals surface area contributed by atoms with E-state index in [1.807, 2.05) is 0 Å². The molecule has 2 aromatic rings. The Hall–Kier alpha value is -6.06. The molecule has 4 aliphatic rings. The van der Waals surface area contributed by atoms with E-state index in [0.29, 0.717) is 25.7 Å². The number of urea groups is 1. The molecule has 5 atom stereocenters. The molecule has 21 heteroatoms. The minimum absolute atomic E-state index is 0.0487. The lowest BCUT2D eigenvalue weighted by molar-refractivity contribution is -0.160. The number of nitrogens with zero attached hydrogens (tertiary/aromatic N) is 2. The molecule has 3 fully saturated rings. The van der Waals surface area contributed by atoms with Gasteiger partial charge in [0, 0.05) is 36.9 Å². The first-order chi connectivity index (χ1) is 29.1. The van der Waals surface area contributed by atoms with Crippen LogP contribution in [0.25, 0.3) is 0 Å². The largest absolute Gasteiger partial charge is 0.481 e. The molecule has 328 valence electrons. The summed E-state index contributed by atoms with van der Waals surface area (Å²) in [5, 5.41) is 25.9. The van der Waals surface area contributed by atoms with Crippen molar-refractivity contribution in [2.75, 3.05) is 43.1 Å². The Morgan fingerprint density at radius 1 is 0.951 bits per heavy atom. The van der Waals surface area contributed by atoms with Gasteiger partial charge in [-0.2, -0.15) is 0 Å². The summed E-state index contributed by atoms with van der Waals surface area (Å²) in [5.41, 5.74) is -3.82. The second-order valence-electron chi connectivity index (χ2n) is 15.2. The number of para-hydroxylation sites is 2. The van der Waals surface area contributed by atoms with Gasteiger partial charge in [-0.3, -0.25) is 33.6 Å². The smallest absolute Gasteiger partial charge is 0.414 e. The highest BCUT2D eigenvalue weighted by molar-refractivity contribution is 7.91. The molecular formula is C40H48N6O14S. The summed E-state index contributed by atoms with van der Waals surface area (Å²) in [6.45, 7) is -1.67. The number of allylic oxidation sites excluding steroid dienone is 1. The first kappa shape index (κ1) is 44.5. The normalized spacial score (nSPS) is 25.8. The van der Waals surface area contributed by atoms with Crippen LogP contribution in [0.4, 0.5) is 21.0 Å². The Kier molecular flexibility index (Phi) is 13.9. The average Bonchev–Trinajstić information content (AvgIpc) is 4.14. The van der Waals surface area contributed by atoms with Gasteiger partial charge in [0.05, 0.1) is 37.9 Å². The van der Waals surface area contributed by atoms with E-state index in [4.69, 9.17) is 14.2 Å². The molecule has 5 unspecified atom stereocenters. The van der Waals surface area contributed by atoms with E-state index in [1.54, 1.807) is 72.8 Å². The van der Waals surface area contributed by atoms with Crippen LogP contribution in [-0.2, 0) is 48.2 Å². The second-order valence-corrected chi connectivity index (χ2v) is 17.1. The van der Waals surface area contributed by atoms with Crippen molar-refractivity contribution in [2.24, 2.45) is 5.92 Å². The van der Waals surface area contributed by atoms with Gasteiger partial charge in [-0.05, 0) is 56.4 Å². The van der Waals surface area contributed by atoms with Gasteiger partial charge in [0.2, 0.25) is 15.7 Å². The summed E-state index contributed by atoms with van der Waals surface area (Å²) < 4.78 is 45.6. The number of carbonyl (C=O) groups is 7. The number of carboxylic acid groups (broad SMARTS) is 2. The standard InChI is InChI=1S/C40H48N6O14S/c47-32(48)17-19-45(28-13-7-2-8-14-28)38(55)60-29-23-40(43-37(54)41-27-11-5-1-6-12-27)36(53)42-39(35(52)44-61(56,57)30-15-16-30)22-26(39)10-4-3-9-20-58-25-31(34(51)46(40)24-29)59-21-18-33(49)50/h1-2,4-8,10-14,26,29-31H,3,9,15-25H2,(H,42,53)(H,44,52)(H,47,48)(H,49,50)(H2,41,43,54)/b10-4-. The van der Waals surface area contributed by atoms with Crippen molar-refractivity contribution in [3.8, 4) is 0 Å². The fourth-order valence-corrected chi connectivity index (χ4v) is 8.57. The molecule has 2 aliphatic carbocycles. The van der Waals surface area contributed by atoms with Crippen LogP contribution in [0.15, 0.2) is 72.8 Å². The molecule has 6 N–H and O–H groups in total. The number of benzene rings is 2. The highest BCUT2D eigenvalue weighted by Crippen LogP contribution is 2.47. The molecule has 1 saturated heterocycles. The number of hydrogen-bond donors (Lipinski definition) is 6. The van der Waals surface area contributed by atoms with Gasteiger partial charge >= 0.3 is 24.1 Å². The second kappa shape index (κ2) is 19.1. The monoisotopic (exact) mass is 868 g/mol. The first-order valence-electron chi connectivity index (χ1n) is 19.8. The SMILES string of the molecule is O=C(O)CCOC1COCCC/C=C\C2CC2(C(=O)NS(=O)(=O)C2CC2)NC(=O)C2(NC(=O)Nc3ccccc3)CC(OC(=O)N(CCC(=O)O)c3ccccc3)CN2C1=O. The molecule has 6 rings (SSSR count). The molecule has 0 spiro atoms. The Bertz CT molecular complexity index is 2120. The summed E-state index contributed by atoms with van der Waals surface area (Å²) in [4.78, 5) is 96.8. The maximum absolute atomic E-state index is 15.2. The number of anilines is 2. The average molecular weight is 869 g/mol. The molecule has 2 saturated carbocycles. The number of hydrogen-bond acceptors (Lipinski definition) is 12. The van der Waals surface area contributed by atoms with E-state index in [1.165, 1.54) is 0 Å². The van der Waals surface area contributed by atoms with Crippen LogP contribution in [0, 0.1) is 5.92 Å². The first-order valence-corrected chi connectivity index (χ1v) is 21.4. The molecule has 6 amide bonds. The van der Waals surface area contributed by atoms with Gasteiger partial charge in [-0.25, -0.2) is 18.0 Å². The summed E-state index contributed by atoms with van der Waals surface area (Å²) in [7, 11) is -4.10. The zero-order chi connectivity index (χ0) is 43.8. The third kappa shape index (κ3) is 11.0. The highest BCUT2D eigenvalue weighted by Gasteiger charge is 2.65. The number of aliphatic carboxylic acids is 2. The van der Waals surface area contributed by atoms with Crippen LogP contribution in [0.1, 0.15) is 51.4 Å². The predicted molar refractivity (Wildman–Crippen MR) is 214 cm³/mol. The molecule has 2 aromatic carbocycles. The van der Waals surface area contributed by atoms with Crippen molar-refractivity contribution >= 4 is 63.2 Å². The molecule has 20 nitrogen and oxygen atoms in total. The van der Waals surface area contributed by atoms with E-state index >= 15 is 4.79 Å². The maximum Gasteiger partial charge on any atom is 0.414 e. The third-order valence-electron chi connectivity index (χ3n) is 10.6. The Balaban J connectivity index is 1.42. The number of ether oxygens (including phenoxy) is 3. The summed E-state index contributed by atoms with van der Waals surface area (Å²) in [6.07, 6.45) is -0.688. The van der Waals surface area contributed by atoms with Crippen molar-refractivity contribution in [3.63, 3.8) is 0 Å². The van der Waals surface area contributed by atoms with Gasteiger partial charge < -0.3 is 45.3 Å². The zero-order valence-corrected chi connectivity index (χ0v) is 33.8. The van der Waals surface area contributed by atoms with Crippen LogP contribution >= 0.6 is 0 Å². The van der Waals surface area contributed by atoms with Crippen molar-refractivity contribution in [3.05, 3.63) is 72.8 Å². The summed E-state index contributed by atoms with van der Waals surface area (Å²) >= 11 is 0. The van der Waals surface area contributed by atoms with E-state index in [9.17, 15) is 47.4 Å². The number of carboxylic acids is 2. The Labute approximate surface area is 351 Å². The summed E-state index contributed by atoms with van der Waals surface area (Å²) in [6, 6.07) is 15.0. The van der Waals surface area contributed by atoms with Gasteiger partial charge in [0.25, 0.3) is 17.7 Å². The van der Waals surface area contributed by atoms with Crippen LogP contribution in [0.3, 0.4) is 0 Å². The zero-order valence-electron chi connectivity index (χ0n) is 33.0. The molecular weight excluding hydrogens is 821 g/mol. The third-order valence-corrected chi connectivity index (χ3v) is 12.4. The molecule has 61 heavy (non-hydrogen) atoms. The lowest BCUT2D eigenvalue weighted by Crippen LogP contribution is -2.71. The van der Waals surface area contributed by atoms with Crippen molar-refractivity contribution in [1.82, 2.24) is 20.3 Å². The number of nitrogens with one attached hydrogen (secondary N) is 4. The molecule has 0 radical (unpaired) electrons. The van der Waals surface area contributed by atoms with Crippen LogP contribution in [0.5, 0.6) is 0 Å². The number of rotatable bonds is 14. The van der Waals surface area contributed by atoms with Gasteiger partial charge in [-0.15, -0.1) is 0 Å². The fraction of sp³-hybridized carbons (Fsp3) is 0.475. The molecule has 0 bridgehead atoms. The minimum Gasteiger partial charge on any atom is -0.481 e.